The van der Waals surface area contributed by atoms with Gasteiger partial charge in [0.05, 0.1) is 4.88 Å². The van der Waals surface area contributed by atoms with Gasteiger partial charge in [-0.25, -0.2) is 0 Å². The molecule has 0 aliphatic carbocycles. The molecule has 2 aromatic rings. The molecule has 0 atom stereocenters. The molecule has 2 heteroatoms. The van der Waals surface area contributed by atoms with Crippen LogP contribution < -0.4 is 0 Å². The molecule has 0 aliphatic rings. The Balaban J connectivity index is 1.95. The SMILES string of the molecule is Cc1cccc(CCC(=O)c2cccs2)c1. The number of hydrogen-bond donors (Lipinski definition) is 0. The van der Waals surface area contributed by atoms with Gasteiger partial charge < -0.3 is 0 Å². The van der Waals surface area contributed by atoms with E-state index in [9.17, 15) is 4.79 Å². The molecular weight excluding hydrogens is 216 g/mol. The molecule has 1 heterocycles. The van der Waals surface area contributed by atoms with Crippen LogP contribution in [0.2, 0.25) is 0 Å². The Hall–Kier alpha value is -1.41. The van der Waals surface area contributed by atoms with Gasteiger partial charge in [-0.05, 0) is 30.4 Å². The maximum absolute atomic E-state index is 11.8. The van der Waals surface area contributed by atoms with E-state index in [-0.39, 0.29) is 5.78 Å². The highest BCUT2D eigenvalue weighted by atomic mass is 32.1. The minimum absolute atomic E-state index is 0.247. The summed E-state index contributed by atoms with van der Waals surface area (Å²) in [7, 11) is 0. The van der Waals surface area contributed by atoms with Crippen LogP contribution in [0, 0.1) is 6.92 Å². The van der Waals surface area contributed by atoms with Crippen LogP contribution >= 0.6 is 11.3 Å². The third kappa shape index (κ3) is 2.80. The lowest BCUT2D eigenvalue weighted by atomic mass is 10.1. The number of Topliss-reactive ketones (excluding diaryl/α,β-unsaturated/α-hetero) is 1. The highest BCUT2D eigenvalue weighted by Gasteiger charge is 2.06. The first-order valence-electron chi connectivity index (χ1n) is 5.38. The van der Waals surface area contributed by atoms with Crippen molar-refractivity contribution in [2.24, 2.45) is 0 Å². The molecular formula is C14H14OS. The Morgan fingerprint density at radius 1 is 1.25 bits per heavy atom. The van der Waals surface area contributed by atoms with Crippen molar-refractivity contribution in [3.63, 3.8) is 0 Å². The van der Waals surface area contributed by atoms with E-state index in [2.05, 4.69) is 25.1 Å². The molecule has 0 amide bonds. The van der Waals surface area contributed by atoms with E-state index in [0.29, 0.717) is 6.42 Å². The summed E-state index contributed by atoms with van der Waals surface area (Å²) in [5.74, 6) is 0.247. The van der Waals surface area contributed by atoms with Gasteiger partial charge in [0, 0.05) is 6.42 Å². The summed E-state index contributed by atoms with van der Waals surface area (Å²) in [6.07, 6.45) is 1.43. The summed E-state index contributed by atoms with van der Waals surface area (Å²) in [6.45, 7) is 2.07. The van der Waals surface area contributed by atoms with E-state index >= 15 is 0 Å². The van der Waals surface area contributed by atoms with E-state index in [0.717, 1.165) is 11.3 Å². The second kappa shape index (κ2) is 5.08. The van der Waals surface area contributed by atoms with Crippen LogP contribution in [0.5, 0.6) is 0 Å². The lowest BCUT2D eigenvalue weighted by Crippen LogP contribution is -1.98. The maximum Gasteiger partial charge on any atom is 0.173 e. The van der Waals surface area contributed by atoms with Crippen molar-refractivity contribution in [2.75, 3.05) is 0 Å². The molecule has 2 rings (SSSR count). The van der Waals surface area contributed by atoms with E-state index in [4.69, 9.17) is 0 Å². The number of ketones is 1. The molecule has 0 aliphatic heterocycles. The lowest BCUT2D eigenvalue weighted by molar-refractivity contribution is 0.0986. The summed E-state index contributed by atoms with van der Waals surface area (Å²) < 4.78 is 0. The third-order valence-electron chi connectivity index (χ3n) is 2.52. The van der Waals surface area contributed by atoms with Crippen molar-refractivity contribution < 1.29 is 4.79 Å². The average Bonchev–Trinajstić information content (AvgIpc) is 2.79. The largest absolute Gasteiger partial charge is 0.293 e. The number of aryl methyl sites for hydroxylation is 2. The first-order valence-corrected chi connectivity index (χ1v) is 6.26. The van der Waals surface area contributed by atoms with Crippen LogP contribution in [0.3, 0.4) is 0 Å². The number of carbonyl (C=O) groups excluding carboxylic acids is 1. The lowest BCUT2D eigenvalue weighted by Gasteiger charge is -2.01. The fourth-order valence-corrected chi connectivity index (χ4v) is 2.38. The van der Waals surface area contributed by atoms with Crippen molar-refractivity contribution in [3.8, 4) is 0 Å². The standard InChI is InChI=1S/C14H14OS/c1-11-4-2-5-12(10-11)7-8-13(15)14-6-3-9-16-14/h2-6,9-10H,7-8H2,1H3. The van der Waals surface area contributed by atoms with Crippen molar-refractivity contribution >= 4 is 17.1 Å². The monoisotopic (exact) mass is 230 g/mol. The van der Waals surface area contributed by atoms with Gasteiger partial charge in [-0.1, -0.05) is 35.9 Å². The Morgan fingerprint density at radius 2 is 2.12 bits per heavy atom. The average molecular weight is 230 g/mol. The number of thiophene rings is 1. The molecule has 1 nitrogen and oxygen atoms in total. The Morgan fingerprint density at radius 3 is 2.81 bits per heavy atom. The first-order chi connectivity index (χ1) is 7.75. The van der Waals surface area contributed by atoms with Crippen LogP contribution in [0.4, 0.5) is 0 Å². The van der Waals surface area contributed by atoms with Gasteiger partial charge in [0.1, 0.15) is 0 Å². The van der Waals surface area contributed by atoms with Crippen LogP contribution in [-0.2, 0) is 6.42 Å². The Kier molecular flexibility index (Phi) is 3.52. The quantitative estimate of drug-likeness (QED) is 0.729. The summed E-state index contributed by atoms with van der Waals surface area (Å²) >= 11 is 1.52. The number of rotatable bonds is 4. The number of benzene rings is 1. The van der Waals surface area contributed by atoms with Gasteiger partial charge in [0.25, 0.3) is 0 Å². The molecule has 0 saturated heterocycles. The van der Waals surface area contributed by atoms with Crippen molar-refractivity contribution in [1.82, 2.24) is 0 Å². The molecule has 16 heavy (non-hydrogen) atoms. The van der Waals surface area contributed by atoms with Crippen molar-refractivity contribution in [1.29, 1.82) is 0 Å². The number of hydrogen-bond acceptors (Lipinski definition) is 2. The third-order valence-corrected chi connectivity index (χ3v) is 3.43. The van der Waals surface area contributed by atoms with Gasteiger partial charge in [0.2, 0.25) is 0 Å². The summed E-state index contributed by atoms with van der Waals surface area (Å²) in [6, 6.07) is 12.1. The molecule has 0 bridgehead atoms. The molecule has 0 radical (unpaired) electrons. The van der Waals surface area contributed by atoms with Gasteiger partial charge >= 0.3 is 0 Å². The maximum atomic E-state index is 11.8. The molecule has 0 spiro atoms. The van der Waals surface area contributed by atoms with Gasteiger partial charge in [-0.2, -0.15) is 0 Å². The first kappa shape index (κ1) is 11.1. The van der Waals surface area contributed by atoms with Crippen molar-refractivity contribution in [2.45, 2.75) is 19.8 Å². The summed E-state index contributed by atoms with van der Waals surface area (Å²) in [5, 5.41) is 1.94. The number of carbonyl (C=O) groups is 1. The fourth-order valence-electron chi connectivity index (χ4n) is 1.69. The Bertz CT molecular complexity index is 471. The summed E-state index contributed by atoms with van der Waals surface area (Å²) in [5.41, 5.74) is 2.49. The topological polar surface area (TPSA) is 17.1 Å². The molecule has 0 saturated carbocycles. The predicted octanol–water partition coefficient (Wildman–Crippen LogP) is 3.87. The molecule has 82 valence electrons. The molecule has 0 unspecified atom stereocenters. The molecule has 0 fully saturated rings. The van der Waals surface area contributed by atoms with Crippen LogP contribution in [-0.4, -0.2) is 5.78 Å². The second-order valence-corrected chi connectivity index (χ2v) is 4.84. The van der Waals surface area contributed by atoms with Gasteiger partial charge in [-0.3, -0.25) is 4.79 Å². The van der Waals surface area contributed by atoms with E-state index in [1.165, 1.54) is 22.5 Å². The molecule has 1 aromatic carbocycles. The smallest absolute Gasteiger partial charge is 0.173 e. The van der Waals surface area contributed by atoms with E-state index < -0.39 is 0 Å². The predicted molar refractivity (Wildman–Crippen MR) is 68.1 cm³/mol. The zero-order valence-electron chi connectivity index (χ0n) is 9.27. The normalized spacial score (nSPS) is 10.3. The van der Waals surface area contributed by atoms with Gasteiger partial charge in [0.15, 0.2) is 5.78 Å². The minimum Gasteiger partial charge on any atom is -0.293 e. The zero-order chi connectivity index (χ0) is 11.4. The molecule has 1 aromatic heterocycles. The Labute approximate surface area is 99.8 Å². The highest BCUT2D eigenvalue weighted by molar-refractivity contribution is 7.12. The zero-order valence-corrected chi connectivity index (χ0v) is 10.1. The fraction of sp³-hybridized carbons (Fsp3) is 0.214. The molecule has 0 N–H and O–H groups in total. The summed E-state index contributed by atoms with van der Waals surface area (Å²) in [4.78, 5) is 12.6. The van der Waals surface area contributed by atoms with E-state index in [1.54, 1.807) is 0 Å². The highest BCUT2D eigenvalue weighted by Crippen LogP contribution is 2.14. The second-order valence-electron chi connectivity index (χ2n) is 3.89. The minimum atomic E-state index is 0.247. The van der Waals surface area contributed by atoms with Crippen LogP contribution in [0.1, 0.15) is 27.2 Å². The van der Waals surface area contributed by atoms with Crippen LogP contribution in [0.15, 0.2) is 41.8 Å². The van der Waals surface area contributed by atoms with Gasteiger partial charge in [-0.15, -0.1) is 11.3 Å². The van der Waals surface area contributed by atoms with Crippen LogP contribution in [0.25, 0.3) is 0 Å². The van der Waals surface area contributed by atoms with E-state index in [1.807, 2.05) is 23.6 Å². The van der Waals surface area contributed by atoms with Crippen molar-refractivity contribution in [3.05, 3.63) is 57.8 Å².